The zero-order valence-corrected chi connectivity index (χ0v) is 14.8. The van der Waals surface area contributed by atoms with E-state index in [0.717, 1.165) is 12.1 Å². The van der Waals surface area contributed by atoms with Gasteiger partial charge in [0.2, 0.25) is 0 Å². The summed E-state index contributed by atoms with van der Waals surface area (Å²) in [5.41, 5.74) is 0.587. The van der Waals surface area contributed by atoms with E-state index in [4.69, 9.17) is 8.92 Å². The van der Waals surface area contributed by atoms with Gasteiger partial charge in [-0.3, -0.25) is 0 Å². The number of halogens is 3. The van der Waals surface area contributed by atoms with Gasteiger partial charge in [0, 0.05) is 12.5 Å². The Bertz CT molecular complexity index is 909. The first-order valence-electron chi connectivity index (χ1n) is 7.58. The molecule has 0 unspecified atom stereocenters. The van der Waals surface area contributed by atoms with Crippen molar-refractivity contribution in [3.05, 3.63) is 48.0 Å². The van der Waals surface area contributed by atoms with E-state index in [9.17, 15) is 26.4 Å². The summed E-state index contributed by atoms with van der Waals surface area (Å²) in [6.45, 7) is 1.73. The van der Waals surface area contributed by atoms with Crippen LogP contribution < -0.4 is 13.7 Å². The van der Waals surface area contributed by atoms with Crippen LogP contribution in [0.5, 0.6) is 17.2 Å². The standard InChI is InChI=1S/C17H15F3O6S/c1-12-9-13(24-8-4-7-21)11-14(10-12)26-27(22,23)16-6-3-2-5-15(16)25-17(18,19)20/h2-3,5-7,9-11H,4,8H2,1H3. The third-order valence-electron chi connectivity index (χ3n) is 3.08. The van der Waals surface area contributed by atoms with Gasteiger partial charge >= 0.3 is 16.5 Å². The normalized spacial score (nSPS) is 11.7. The van der Waals surface area contributed by atoms with Crippen molar-refractivity contribution in [2.24, 2.45) is 0 Å². The van der Waals surface area contributed by atoms with Gasteiger partial charge in [0.1, 0.15) is 22.7 Å². The third-order valence-corrected chi connectivity index (χ3v) is 4.37. The first-order chi connectivity index (χ1) is 12.6. The maximum Gasteiger partial charge on any atom is 0.573 e. The Morgan fingerprint density at radius 1 is 1.07 bits per heavy atom. The monoisotopic (exact) mass is 404 g/mol. The molecule has 0 amide bonds. The molecule has 2 aromatic rings. The Kier molecular flexibility index (Phi) is 6.32. The van der Waals surface area contributed by atoms with E-state index in [1.165, 1.54) is 24.3 Å². The fraction of sp³-hybridized carbons (Fsp3) is 0.235. The second-order valence-corrected chi connectivity index (χ2v) is 6.83. The molecule has 10 heteroatoms. The summed E-state index contributed by atoms with van der Waals surface area (Å²) >= 11 is 0. The average molecular weight is 404 g/mol. The molecule has 0 aliphatic carbocycles. The van der Waals surface area contributed by atoms with Crippen molar-refractivity contribution >= 4 is 16.4 Å². The van der Waals surface area contributed by atoms with Gasteiger partial charge in [-0.1, -0.05) is 12.1 Å². The fourth-order valence-corrected chi connectivity index (χ4v) is 3.15. The van der Waals surface area contributed by atoms with Crippen LogP contribution in [0.15, 0.2) is 47.4 Å². The molecule has 0 heterocycles. The topological polar surface area (TPSA) is 78.9 Å². The number of carbonyl (C=O) groups is 1. The number of hydrogen-bond donors (Lipinski definition) is 0. The van der Waals surface area contributed by atoms with Crippen LogP contribution in [0, 0.1) is 6.92 Å². The molecule has 0 saturated carbocycles. The van der Waals surface area contributed by atoms with Gasteiger partial charge in [-0.15, -0.1) is 13.2 Å². The number of ether oxygens (including phenoxy) is 2. The third kappa shape index (κ3) is 6.17. The molecule has 0 fully saturated rings. The summed E-state index contributed by atoms with van der Waals surface area (Å²) in [7, 11) is -4.61. The molecule has 0 radical (unpaired) electrons. The minimum atomic E-state index is -5.06. The van der Waals surface area contributed by atoms with Crippen molar-refractivity contribution in [2.75, 3.05) is 6.61 Å². The molecule has 6 nitrogen and oxygen atoms in total. The Morgan fingerprint density at radius 3 is 2.41 bits per heavy atom. The highest BCUT2D eigenvalue weighted by molar-refractivity contribution is 7.87. The molecular weight excluding hydrogens is 389 g/mol. The Morgan fingerprint density at radius 2 is 1.74 bits per heavy atom. The van der Waals surface area contributed by atoms with E-state index in [2.05, 4.69) is 4.74 Å². The van der Waals surface area contributed by atoms with Gasteiger partial charge in [-0.25, -0.2) is 0 Å². The van der Waals surface area contributed by atoms with Gasteiger partial charge in [-0.2, -0.15) is 8.42 Å². The minimum absolute atomic E-state index is 0.0847. The highest BCUT2D eigenvalue weighted by atomic mass is 32.2. The lowest BCUT2D eigenvalue weighted by Gasteiger charge is -2.14. The Hall–Kier alpha value is -2.75. The molecule has 2 rings (SSSR count). The van der Waals surface area contributed by atoms with Crippen molar-refractivity contribution in [3.63, 3.8) is 0 Å². The fourth-order valence-electron chi connectivity index (χ4n) is 2.11. The lowest BCUT2D eigenvalue weighted by Crippen LogP contribution is -2.20. The van der Waals surface area contributed by atoms with Crippen LogP contribution in [0.2, 0.25) is 0 Å². The first-order valence-corrected chi connectivity index (χ1v) is 8.99. The molecule has 0 aliphatic heterocycles. The first kappa shape index (κ1) is 20.6. The maximum absolute atomic E-state index is 12.5. The lowest BCUT2D eigenvalue weighted by atomic mass is 10.2. The highest BCUT2D eigenvalue weighted by Gasteiger charge is 2.34. The second-order valence-electron chi connectivity index (χ2n) is 5.32. The summed E-state index contributed by atoms with van der Waals surface area (Å²) < 4.78 is 76.3. The molecule has 0 N–H and O–H groups in total. The van der Waals surface area contributed by atoms with Gasteiger partial charge in [0.15, 0.2) is 5.75 Å². The largest absolute Gasteiger partial charge is 0.573 e. The zero-order chi connectivity index (χ0) is 20.1. The molecule has 2 aromatic carbocycles. The summed E-state index contributed by atoms with van der Waals surface area (Å²) in [5.74, 6) is -0.806. The van der Waals surface area contributed by atoms with E-state index in [0.29, 0.717) is 11.8 Å². The van der Waals surface area contributed by atoms with E-state index < -0.39 is 27.1 Å². The van der Waals surface area contributed by atoms with Gasteiger partial charge in [0.05, 0.1) is 6.61 Å². The SMILES string of the molecule is Cc1cc(OCCC=O)cc(OS(=O)(=O)c2ccccc2OC(F)(F)F)c1. The average Bonchev–Trinajstić information content (AvgIpc) is 2.53. The number of hydrogen-bond acceptors (Lipinski definition) is 6. The summed E-state index contributed by atoms with van der Waals surface area (Å²) in [6.07, 6.45) is -4.26. The minimum Gasteiger partial charge on any atom is -0.493 e. The quantitative estimate of drug-likeness (QED) is 0.380. The van der Waals surface area contributed by atoms with Gasteiger partial charge in [-0.05, 0) is 36.8 Å². The van der Waals surface area contributed by atoms with Crippen LogP contribution in [0.1, 0.15) is 12.0 Å². The number of alkyl halides is 3. The van der Waals surface area contributed by atoms with Crippen molar-refractivity contribution in [1.82, 2.24) is 0 Å². The number of carbonyl (C=O) groups excluding carboxylic acids is 1. The summed E-state index contributed by atoms with van der Waals surface area (Å²) in [5, 5.41) is 0. The van der Waals surface area contributed by atoms with Crippen LogP contribution in [0.4, 0.5) is 13.2 Å². The van der Waals surface area contributed by atoms with Crippen LogP contribution in [-0.4, -0.2) is 27.7 Å². The van der Waals surface area contributed by atoms with Crippen LogP contribution >= 0.6 is 0 Å². The van der Waals surface area contributed by atoms with E-state index >= 15 is 0 Å². The van der Waals surface area contributed by atoms with E-state index in [1.807, 2.05) is 0 Å². The second kappa shape index (κ2) is 8.30. The molecule has 27 heavy (non-hydrogen) atoms. The zero-order valence-electron chi connectivity index (χ0n) is 14.0. The van der Waals surface area contributed by atoms with E-state index in [1.54, 1.807) is 13.0 Å². The molecule has 0 bridgehead atoms. The van der Waals surface area contributed by atoms with Crippen molar-refractivity contribution < 1.29 is 40.0 Å². The predicted octanol–water partition coefficient (Wildman–Crippen LogP) is 3.63. The predicted molar refractivity (Wildman–Crippen MR) is 88.3 cm³/mol. The molecule has 0 aromatic heterocycles. The van der Waals surface area contributed by atoms with Crippen molar-refractivity contribution in [1.29, 1.82) is 0 Å². The molecule has 0 aliphatic rings. The Labute approximate surface area is 153 Å². The Balaban J connectivity index is 2.30. The van der Waals surface area contributed by atoms with E-state index in [-0.39, 0.29) is 24.5 Å². The number of rotatable bonds is 8. The smallest absolute Gasteiger partial charge is 0.493 e. The van der Waals surface area contributed by atoms with Crippen molar-refractivity contribution in [2.45, 2.75) is 24.6 Å². The van der Waals surface area contributed by atoms with Crippen LogP contribution in [0.25, 0.3) is 0 Å². The highest BCUT2D eigenvalue weighted by Crippen LogP contribution is 2.32. The van der Waals surface area contributed by atoms with Gasteiger partial charge < -0.3 is 18.5 Å². The lowest BCUT2D eigenvalue weighted by molar-refractivity contribution is -0.275. The number of aryl methyl sites for hydroxylation is 1. The molecular formula is C17H15F3O6S. The van der Waals surface area contributed by atoms with Gasteiger partial charge in [0.25, 0.3) is 0 Å². The van der Waals surface area contributed by atoms with Crippen LogP contribution in [0.3, 0.4) is 0 Å². The molecule has 0 spiro atoms. The molecule has 0 saturated heterocycles. The number of aldehydes is 1. The van der Waals surface area contributed by atoms with Crippen LogP contribution in [-0.2, 0) is 14.9 Å². The number of benzene rings is 2. The number of para-hydroxylation sites is 1. The molecule has 146 valence electrons. The maximum atomic E-state index is 12.5. The van der Waals surface area contributed by atoms with Crippen molar-refractivity contribution in [3.8, 4) is 17.2 Å². The summed E-state index contributed by atoms with van der Waals surface area (Å²) in [6, 6.07) is 8.46. The molecule has 0 atom stereocenters. The summed E-state index contributed by atoms with van der Waals surface area (Å²) in [4.78, 5) is 9.56.